The van der Waals surface area contributed by atoms with Gasteiger partial charge < -0.3 is 5.32 Å². The minimum absolute atomic E-state index is 0.190. The van der Waals surface area contributed by atoms with Gasteiger partial charge >= 0.3 is 0 Å². The zero-order chi connectivity index (χ0) is 11.7. The van der Waals surface area contributed by atoms with Crippen molar-refractivity contribution in [2.75, 3.05) is 5.32 Å². The second-order valence-electron chi connectivity index (χ2n) is 3.63. The summed E-state index contributed by atoms with van der Waals surface area (Å²) in [5.74, 6) is 0.347. The Labute approximate surface area is 92.9 Å². The quantitative estimate of drug-likeness (QED) is 0.809. The maximum Gasteiger partial charge on any atom is 0.260 e. The third-order valence-electron chi connectivity index (χ3n) is 2.21. The summed E-state index contributed by atoms with van der Waals surface area (Å²) in [6.45, 7) is 1.80. The highest BCUT2D eigenvalue weighted by atomic mass is 16.1. The second kappa shape index (κ2) is 3.80. The summed E-state index contributed by atoms with van der Waals surface area (Å²) in [5.41, 5.74) is 1.27. The smallest absolute Gasteiger partial charge is 0.260 e. The number of nitrogens with zero attached hydrogens (tertiary/aromatic N) is 4. The molecule has 2 heterocycles. The molecule has 2 rings (SSSR count). The number of carbonyl (C=O) groups excluding carboxylic acids is 1. The normalized spacial score (nSPS) is 10.4. The summed E-state index contributed by atoms with van der Waals surface area (Å²) < 4.78 is 3.24. The van der Waals surface area contributed by atoms with Crippen LogP contribution in [0.25, 0.3) is 0 Å². The van der Waals surface area contributed by atoms with Crippen LogP contribution < -0.4 is 5.32 Å². The van der Waals surface area contributed by atoms with Crippen molar-refractivity contribution in [3.8, 4) is 0 Å². The third-order valence-corrected chi connectivity index (χ3v) is 2.21. The van der Waals surface area contributed by atoms with E-state index in [9.17, 15) is 4.79 Å². The SMILES string of the molecule is Cc1nn(C)cc1C(=O)Nc1ccn(C)n1. The van der Waals surface area contributed by atoms with Crippen LogP contribution in [0, 0.1) is 6.92 Å². The predicted molar refractivity (Wildman–Crippen MR) is 59.1 cm³/mol. The van der Waals surface area contributed by atoms with Crippen molar-refractivity contribution in [2.24, 2.45) is 14.1 Å². The van der Waals surface area contributed by atoms with Crippen LogP contribution in [0.15, 0.2) is 18.5 Å². The fourth-order valence-electron chi connectivity index (χ4n) is 1.49. The van der Waals surface area contributed by atoms with E-state index in [4.69, 9.17) is 0 Å². The first-order valence-corrected chi connectivity index (χ1v) is 4.87. The van der Waals surface area contributed by atoms with Gasteiger partial charge in [-0.1, -0.05) is 0 Å². The summed E-state index contributed by atoms with van der Waals surface area (Å²) in [4.78, 5) is 11.8. The number of amides is 1. The molecule has 0 atom stereocenters. The Balaban J connectivity index is 2.17. The Hall–Kier alpha value is -2.11. The molecule has 2 aromatic heterocycles. The van der Waals surface area contributed by atoms with Gasteiger partial charge in [0.2, 0.25) is 0 Å². The Morgan fingerprint density at radius 3 is 2.56 bits per heavy atom. The number of hydrogen-bond acceptors (Lipinski definition) is 3. The summed E-state index contributed by atoms with van der Waals surface area (Å²) in [5, 5.41) is 10.9. The number of aryl methyl sites for hydroxylation is 3. The molecule has 0 bridgehead atoms. The van der Waals surface area contributed by atoms with Crippen LogP contribution in [0.3, 0.4) is 0 Å². The molecule has 84 valence electrons. The van der Waals surface area contributed by atoms with Crippen LogP contribution in [0.4, 0.5) is 5.82 Å². The molecule has 0 radical (unpaired) electrons. The minimum Gasteiger partial charge on any atom is -0.305 e. The van der Waals surface area contributed by atoms with Crippen LogP contribution in [0.5, 0.6) is 0 Å². The number of anilines is 1. The van der Waals surface area contributed by atoms with E-state index in [1.165, 1.54) is 0 Å². The summed E-state index contributed by atoms with van der Waals surface area (Å²) in [6, 6.07) is 1.74. The lowest BCUT2D eigenvalue weighted by Crippen LogP contribution is -2.13. The van der Waals surface area contributed by atoms with E-state index in [2.05, 4.69) is 15.5 Å². The first-order chi connectivity index (χ1) is 7.56. The molecule has 0 saturated carbocycles. The van der Waals surface area contributed by atoms with Gasteiger partial charge in [-0.05, 0) is 6.92 Å². The Bertz CT molecular complexity index is 525. The Kier molecular flexibility index (Phi) is 2.47. The summed E-state index contributed by atoms with van der Waals surface area (Å²) >= 11 is 0. The van der Waals surface area contributed by atoms with E-state index < -0.39 is 0 Å². The first-order valence-electron chi connectivity index (χ1n) is 4.87. The lowest BCUT2D eigenvalue weighted by atomic mass is 10.2. The number of rotatable bonds is 2. The van der Waals surface area contributed by atoms with Gasteiger partial charge in [-0.15, -0.1) is 0 Å². The first kappa shape index (κ1) is 10.4. The number of hydrogen-bond donors (Lipinski definition) is 1. The monoisotopic (exact) mass is 219 g/mol. The van der Waals surface area contributed by atoms with E-state index in [0.717, 1.165) is 0 Å². The molecule has 0 aliphatic carbocycles. The van der Waals surface area contributed by atoms with Crippen LogP contribution in [-0.4, -0.2) is 25.5 Å². The van der Waals surface area contributed by atoms with Crippen molar-refractivity contribution in [3.63, 3.8) is 0 Å². The van der Waals surface area contributed by atoms with E-state index in [0.29, 0.717) is 17.1 Å². The Morgan fingerprint density at radius 1 is 1.31 bits per heavy atom. The van der Waals surface area contributed by atoms with Crippen LogP contribution in [-0.2, 0) is 14.1 Å². The van der Waals surface area contributed by atoms with Gasteiger partial charge in [-0.2, -0.15) is 10.2 Å². The van der Waals surface area contributed by atoms with Crippen molar-refractivity contribution >= 4 is 11.7 Å². The van der Waals surface area contributed by atoms with Gasteiger partial charge in [-0.3, -0.25) is 14.2 Å². The molecule has 1 amide bonds. The molecule has 0 fully saturated rings. The number of carbonyl (C=O) groups is 1. The van der Waals surface area contributed by atoms with Crippen molar-refractivity contribution < 1.29 is 4.79 Å². The van der Waals surface area contributed by atoms with Gasteiger partial charge in [-0.25, -0.2) is 0 Å². The average Bonchev–Trinajstić information content (AvgIpc) is 2.73. The molecule has 6 nitrogen and oxygen atoms in total. The highest BCUT2D eigenvalue weighted by Crippen LogP contribution is 2.08. The summed E-state index contributed by atoms with van der Waals surface area (Å²) in [7, 11) is 3.58. The highest BCUT2D eigenvalue weighted by Gasteiger charge is 2.13. The number of aromatic nitrogens is 4. The molecular formula is C10H13N5O. The molecule has 16 heavy (non-hydrogen) atoms. The standard InChI is InChI=1S/C10H13N5O/c1-7-8(6-15(3)12-7)10(16)11-9-4-5-14(2)13-9/h4-6H,1-3H3,(H,11,13,16). The molecule has 1 N–H and O–H groups in total. The van der Waals surface area contributed by atoms with E-state index in [1.54, 1.807) is 48.8 Å². The van der Waals surface area contributed by atoms with Crippen LogP contribution in [0.2, 0.25) is 0 Å². The molecule has 0 aromatic carbocycles. The topological polar surface area (TPSA) is 64.7 Å². The molecule has 6 heteroatoms. The van der Waals surface area contributed by atoms with Gasteiger partial charge in [0.1, 0.15) is 0 Å². The van der Waals surface area contributed by atoms with Crippen molar-refractivity contribution in [1.29, 1.82) is 0 Å². The number of nitrogens with one attached hydrogen (secondary N) is 1. The van der Waals surface area contributed by atoms with E-state index in [-0.39, 0.29) is 5.91 Å². The second-order valence-corrected chi connectivity index (χ2v) is 3.63. The zero-order valence-electron chi connectivity index (χ0n) is 9.43. The Morgan fingerprint density at radius 2 is 2.06 bits per heavy atom. The van der Waals surface area contributed by atoms with E-state index >= 15 is 0 Å². The van der Waals surface area contributed by atoms with Crippen molar-refractivity contribution in [1.82, 2.24) is 19.6 Å². The van der Waals surface area contributed by atoms with Gasteiger partial charge in [0, 0.05) is 32.6 Å². The maximum atomic E-state index is 11.8. The van der Waals surface area contributed by atoms with Gasteiger partial charge in [0.15, 0.2) is 5.82 Å². The third kappa shape index (κ3) is 1.95. The molecule has 0 unspecified atom stereocenters. The molecule has 0 aliphatic heterocycles. The molecule has 0 saturated heterocycles. The molecular weight excluding hydrogens is 206 g/mol. The minimum atomic E-state index is -0.190. The highest BCUT2D eigenvalue weighted by molar-refractivity contribution is 6.04. The largest absolute Gasteiger partial charge is 0.305 e. The van der Waals surface area contributed by atoms with Gasteiger partial charge in [0.05, 0.1) is 11.3 Å². The van der Waals surface area contributed by atoms with Crippen LogP contribution >= 0.6 is 0 Å². The van der Waals surface area contributed by atoms with Crippen molar-refractivity contribution in [3.05, 3.63) is 29.7 Å². The molecule has 0 spiro atoms. The molecule has 2 aromatic rings. The average molecular weight is 219 g/mol. The lowest BCUT2D eigenvalue weighted by molar-refractivity contribution is 0.102. The fourth-order valence-corrected chi connectivity index (χ4v) is 1.49. The fraction of sp³-hybridized carbons (Fsp3) is 0.300. The molecule has 0 aliphatic rings. The van der Waals surface area contributed by atoms with Crippen molar-refractivity contribution in [2.45, 2.75) is 6.92 Å². The zero-order valence-corrected chi connectivity index (χ0v) is 9.43. The van der Waals surface area contributed by atoms with Gasteiger partial charge in [0.25, 0.3) is 5.91 Å². The van der Waals surface area contributed by atoms with Crippen LogP contribution in [0.1, 0.15) is 16.1 Å². The maximum absolute atomic E-state index is 11.8. The summed E-state index contributed by atoms with van der Waals surface area (Å²) in [6.07, 6.45) is 3.46. The predicted octanol–water partition coefficient (Wildman–Crippen LogP) is 0.714. The lowest BCUT2D eigenvalue weighted by Gasteiger charge is -1.99. The van der Waals surface area contributed by atoms with E-state index in [1.807, 2.05) is 0 Å².